The first-order chi connectivity index (χ1) is 10.1. The minimum absolute atomic E-state index is 0.0444. The Kier molecular flexibility index (Phi) is 3.72. The first-order valence-electron chi connectivity index (χ1n) is 7.63. The minimum atomic E-state index is 0.0444. The molecule has 1 fully saturated rings. The number of amides is 1. The molecule has 2 heterocycles. The number of fused-ring (bicyclic) bond motifs is 1. The number of H-pyrrole nitrogens is 1. The largest absolute Gasteiger partial charge is 0.358 e. The van der Waals surface area contributed by atoms with Crippen LogP contribution in [0.15, 0.2) is 18.2 Å². The van der Waals surface area contributed by atoms with Gasteiger partial charge in [-0.05, 0) is 58.0 Å². The molecule has 1 amide bonds. The lowest BCUT2D eigenvalue weighted by Gasteiger charge is -2.30. The maximum Gasteiger partial charge on any atom is 0.252 e. The predicted octanol–water partition coefficient (Wildman–Crippen LogP) is 2.61. The molecule has 0 saturated carbocycles. The molecule has 2 N–H and O–H groups in total. The maximum absolute atomic E-state index is 12.7. The number of nitrogens with one attached hydrogen (secondary N) is 2. The summed E-state index contributed by atoms with van der Waals surface area (Å²) in [6, 6.07) is 6.15. The van der Waals surface area contributed by atoms with Crippen LogP contribution in [0.25, 0.3) is 10.9 Å². The van der Waals surface area contributed by atoms with Gasteiger partial charge in [-0.15, -0.1) is 0 Å². The molecular formula is C17H23N3O. The molecule has 1 atom stereocenters. The Morgan fingerprint density at radius 1 is 1.38 bits per heavy atom. The van der Waals surface area contributed by atoms with Crippen LogP contribution in [0.5, 0.6) is 0 Å². The summed E-state index contributed by atoms with van der Waals surface area (Å²) in [5, 5.41) is 4.25. The van der Waals surface area contributed by atoms with E-state index in [9.17, 15) is 4.79 Å². The zero-order chi connectivity index (χ0) is 15.0. The number of nitrogens with zero attached hydrogens (tertiary/aromatic N) is 1. The fourth-order valence-electron chi connectivity index (χ4n) is 3.28. The van der Waals surface area contributed by atoms with Gasteiger partial charge in [-0.25, -0.2) is 0 Å². The Balaban J connectivity index is 1.88. The number of hydrogen-bond acceptors (Lipinski definition) is 2. The van der Waals surface area contributed by atoms with Gasteiger partial charge in [-0.1, -0.05) is 6.07 Å². The van der Waals surface area contributed by atoms with Crippen molar-refractivity contribution in [2.45, 2.75) is 32.7 Å². The third-order valence-electron chi connectivity index (χ3n) is 4.53. The fourth-order valence-corrected chi connectivity index (χ4v) is 3.28. The number of carbonyl (C=O) groups is 1. The SMILES string of the molecule is Cc1[nH]c2cccc(C(=O)NC3CCCN(C)C3)c2c1C. The van der Waals surface area contributed by atoms with Crippen molar-refractivity contribution >= 4 is 16.8 Å². The van der Waals surface area contributed by atoms with Crippen molar-refractivity contribution in [1.29, 1.82) is 0 Å². The summed E-state index contributed by atoms with van der Waals surface area (Å²) in [5.74, 6) is 0.0444. The number of benzene rings is 1. The first-order valence-corrected chi connectivity index (χ1v) is 7.63. The quantitative estimate of drug-likeness (QED) is 0.891. The Bertz CT molecular complexity index is 674. The Hall–Kier alpha value is -1.81. The van der Waals surface area contributed by atoms with Crippen molar-refractivity contribution in [3.05, 3.63) is 35.0 Å². The van der Waals surface area contributed by atoms with E-state index in [1.165, 1.54) is 0 Å². The van der Waals surface area contributed by atoms with Crippen LogP contribution in [0.3, 0.4) is 0 Å². The zero-order valence-electron chi connectivity index (χ0n) is 13.0. The third kappa shape index (κ3) is 2.68. The Labute approximate surface area is 125 Å². The molecule has 4 nitrogen and oxygen atoms in total. The topological polar surface area (TPSA) is 48.1 Å². The molecule has 1 aliphatic rings. The van der Waals surface area contributed by atoms with E-state index >= 15 is 0 Å². The van der Waals surface area contributed by atoms with E-state index in [1.807, 2.05) is 25.1 Å². The van der Waals surface area contributed by atoms with Gasteiger partial charge in [0.15, 0.2) is 0 Å². The average Bonchev–Trinajstić information content (AvgIpc) is 2.74. The summed E-state index contributed by atoms with van der Waals surface area (Å²) >= 11 is 0. The highest BCUT2D eigenvalue weighted by Gasteiger charge is 2.21. The van der Waals surface area contributed by atoms with Crippen molar-refractivity contribution < 1.29 is 4.79 Å². The molecule has 112 valence electrons. The van der Waals surface area contributed by atoms with Gasteiger partial charge in [-0.3, -0.25) is 4.79 Å². The molecule has 1 aromatic heterocycles. The van der Waals surface area contributed by atoms with Crippen molar-refractivity contribution in [2.75, 3.05) is 20.1 Å². The van der Waals surface area contributed by atoms with Gasteiger partial charge in [0, 0.05) is 34.7 Å². The lowest BCUT2D eigenvalue weighted by Crippen LogP contribution is -2.46. The fraction of sp³-hybridized carbons (Fsp3) is 0.471. The summed E-state index contributed by atoms with van der Waals surface area (Å²) in [6.07, 6.45) is 2.21. The number of likely N-dealkylation sites (N-methyl/N-ethyl adjacent to an activating group) is 1. The Morgan fingerprint density at radius 2 is 2.19 bits per heavy atom. The highest BCUT2D eigenvalue weighted by atomic mass is 16.1. The normalized spacial score (nSPS) is 19.9. The van der Waals surface area contributed by atoms with Crippen molar-refractivity contribution in [2.24, 2.45) is 0 Å². The molecular weight excluding hydrogens is 262 g/mol. The van der Waals surface area contributed by atoms with E-state index in [0.29, 0.717) is 0 Å². The smallest absolute Gasteiger partial charge is 0.252 e. The number of carbonyl (C=O) groups excluding carboxylic acids is 1. The molecule has 1 aliphatic heterocycles. The molecule has 4 heteroatoms. The number of aromatic nitrogens is 1. The first kappa shape index (κ1) is 14.1. The van der Waals surface area contributed by atoms with Gasteiger partial charge < -0.3 is 15.2 Å². The maximum atomic E-state index is 12.7. The summed E-state index contributed by atoms with van der Waals surface area (Å²) in [7, 11) is 2.11. The molecule has 21 heavy (non-hydrogen) atoms. The second kappa shape index (κ2) is 5.53. The van der Waals surface area contributed by atoms with Gasteiger partial charge in [0.25, 0.3) is 5.91 Å². The van der Waals surface area contributed by atoms with E-state index in [4.69, 9.17) is 0 Å². The number of hydrogen-bond donors (Lipinski definition) is 2. The average molecular weight is 285 g/mol. The highest BCUT2D eigenvalue weighted by Crippen LogP contribution is 2.25. The van der Waals surface area contributed by atoms with E-state index in [-0.39, 0.29) is 11.9 Å². The van der Waals surface area contributed by atoms with Crippen LogP contribution < -0.4 is 5.32 Å². The van der Waals surface area contributed by atoms with Crippen LogP contribution in [0.2, 0.25) is 0 Å². The van der Waals surface area contributed by atoms with Crippen molar-refractivity contribution in [3.63, 3.8) is 0 Å². The van der Waals surface area contributed by atoms with E-state index in [2.05, 4.69) is 29.2 Å². The Morgan fingerprint density at radius 3 is 2.95 bits per heavy atom. The molecule has 1 aromatic carbocycles. The van der Waals surface area contributed by atoms with Crippen molar-refractivity contribution in [3.8, 4) is 0 Å². The summed E-state index contributed by atoms with van der Waals surface area (Å²) in [6.45, 7) is 6.18. The molecule has 0 spiro atoms. The molecule has 2 aromatic rings. The zero-order valence-corrected chi connectivity index (χ0v) is 13.0. The van der Waals surface area contributed by atoms with E-state index in [1.54, 1.807) is 0 Å². The number of aryl methyl sites for hydroxylation is 2. The standard InChI is InChI=1S/C17H23N3O/c1-11-12(2)18-15-8-4-7-14(16(11)15)17(21)19-13-6-5-9-20(3)10-13/h4,7-8,13,18H,5-6,9-10H2,1-3H3,(H,19,21). The third-order valence-corrected chi connectivity index (χ3v) is 4.53. The summed E-state index contributed by atoms with van der Waals surface area (Å²) in [5.41, 5.74) is 4.11. The number of likely N-dealkylation sites (tertiary alicyclic amines) is 1. The van der Waals surface area contributed by atoms with Crippen LogP contribution in [0.4, 0.5) is 0 Å². The second-order valence-corrected chi connectivity index (χ2v) is 6.18. The van der Waals surface area contributed by atoms with Gasteiger partial charge in [0.1, 0.15) is 0 Å². The van der Waals surface area contributed by atoms with Crippen molar-refractivity contribution in [1.82, 2.24) is 15.2 Å². The molecule has 1 saturated heterocycles. The van der Waals surface area contributed by atoms with E-state index < -0.39 is 0 Å². The van der Waals surface area contributed by atoms with E-state index in [0.717, 1.165) is 53.7 Å². The number of piperidine rings is 1. The van der Waals surface area contributed by atoms with Crippen LogP contribution in [-0.4, -0.2) is 42.0 Å². The highest BCUT2D eigenvalue weighted by molar-refractivity contribution is 6.08. The lowest BCUT2D eigenvalue weighted by atomic mass is 10.0. The number of aromatic amines is 1. The summed E-state index contributed by atoms with van der Waals surface area (Å²) in [4.78, 5) is 18.3. The van der Waals surface area contributed by atoms with Crippen LogP contribution in [0, 0.1) is 13.8 Å². The van der Waals surface area contributed by atoms with Gasteiger partial charge in [0.2, 0.25) is 0 Å². The molecule has 3 rings (SSSR count). The minimum Gasteiger partial charge on any atom is -0.358 e. The lowest BCUT2D eigenvalue weighted by molar-refractivity contribution is 0.0914. The molecule has 0 aliphatic carbocycles. The monoisotopic (exact) mass is 285 g/mol. The second-order valence-electron chi connectivity index (χ2n) is 6.18. The van der Waals surface area contributed by atoms with Crippen LogP contribution in [-0.2, 0) is 0 Å². The number of rotatable bonds is 2. The summed E-state index contributed by atoms with van der Waals surface area (Å²) < 4.78 is 0. The predicted molar refractivity (Wildman–Crippen MR) is 85.8 cm³/mol. The van der Waals surface area contributed by atoms with Crippen LogP contribution in [0.1, 0.15) is 34.5 Å². The van der Waals surface area contributed by atoms with Crippen LogP contribution >= 0.6 is 0 Å². The molecule has 0 bridgehead atoms. The molecule has 1 unspecified atom stereocenters. The van der Waals surface area contributed by atoms with Gasteiger partial charge >= 0.3 is 0 Å². The molecule has 0 radical (unpaired) electrons. The van der Waals surface area contributed by atoms with Gasteiger partial charge in [-0.2, -0.15) is 0 Å². The van der Waals surface area contributed by atoms with Gasteiger partial charge in [0.05, 0.1) is 0 Å².